The van der Waals surface area contributed by atoms with E-state index in [1.807, 2.05) is 12.2 Å². The number of ketones is 1. The molecule has 1 rings (SSSR count). The lowest BCUT2D eigenvalue weighted by molar-refractivity contribution is -0.121. The Kier molecular flexibility index (Phi) is 4.68. The molecule has 0 heterocycles. The van der Waals surface area contributed by atoms with Gasteiger partial charge in [0.05, 0.1) is 5.75 Å². The van der Waals surface area contributed by atoms with Gasteiger partial charge in [-0.05, 0) is 12.8 Å². The van der Waals surface area contributed by atoms with E-state index in [0.717, 1.165) is 0 Å². The second-order valence-corrected chi connectivity index (χ2v) is 6.67. The predicted molar refractivity (Wildman–Crippen MR) is 63.8 cm³/mol. The number of allylic oxidation sites excluding steroid dienone is 1. The summed E-state index contributed by atoms with van der Waals surface area (Å²) in [5.74, 6) is 0.266. The van der Waals surface area contributed by atoms with Gasteiger partial charge >= 0.3 is 0 Å². The van der Waals surface area contributed by atoms with Gasteiger partial charge in [-0.15, -0.1) is 0 Å². The third kappa shape index (κ3) is 4.06. The van der Waals surface area contributed by atoms with E-state index in [2.05, 4.69) is 0 Å². The lowest BCUT2D eigenvalue weighted by Crippen LogP contribution is -2.19. The van der Waals surface area contributed by atoms with Crippen molar-refractivity contribution in [3.63, 3.8) is 0 Å². The van der Waals surface area contributed by atoms with Crippen LogP contribution in [0.1, 0.15) is 26.2 Å². The van der Waals surface area contributed by atoms with Crippen molar-refractivity contribution in [3.05, 3.63) is 12.2 Å². The number of hydrogen-bond acceptors (Lipinski definition) is 4. The van der Waals surface area contributed by atoms with Crippen molar-refractivity contribution in [2.45, 2.75) is 32.2 Å². The summed E-state index contributed by atoms with van der Waals surface area (Å²) in [6.45, 7) is 1.62. The summed E-state index contributed by atoms with van der Waals surface area (Å²) >= 11 is 0. The molecule has 2 N–H and O–H groups in total. The van der Waals surface area contributed by atoms with Gasteiger partial charge in [0.25, 0.3) is 0 Å². The average Bonchev–Trinajstić information content (AvgIpc) is 2.64. The minimum atomic E-state index is -2.94. The number of nitrogens with two attached hydrogens (primary N) is 1. The Morgan fingerprint density at radius 1 is 1.44 bits per heavy atom. The fourth-order valence-corrected chi connectivity index (χ4v) is 2.63. The first-order valence-electron chi connectivity index (χ1n) is 5.61. The van der Waals surface area contributed by atoms with Crippen LogP contribution < -0.4 is 5.73 Å². The fourth-order valence-electron chi connectivity index (χ4n) is 1.76. The zero-order chi connectivity index (χ0) is 12.2. The molecule has 0 saturated carbocycles. The molecule has 16 heavy (non-hydrogen) atoms. The van der Waals surface area contributed by atoms with E-state index in [9.17, 15) is 13.2 Å². The number of sulfone groups is 1. The molecule has 0 aromatic rings. The highest BCUT2D eigenvalue weighted by Crippen LogP contribution is 2.19. The van der Waals surface area contributed by atoms with Gasteiger partial charge in [0.1, 0.15) is 15.6 Å². The van der Waals surface area contributed by atoms with Gasteiger partial charge < -0.3 is 5.73 Å². The molecule has 92 valence electrons. The minimum Gasteiger partial charge on any atom is -0.324 e. The van der Waals surface area contributed by atoms with Gasteiger partial charge in [-0.2, -0.15) is 0 Å². The summed E-state index contributed by atoms with van der Waals surface area (Å²) in [5.41, 5.74) is 5.65. The van der Waals surface area contributed by atoms with Crippen LogP contribution >= 0.6 is 0 Å². The van der Waals surface area contributed by atoms with Crippen LogP contribution in [0.3, 0.4) is 0 Å². The molecule has 2 unspecified atom stereocenters. The maximum atomic E-state index is 11.7. The van der Waals surface area contributed by atoms with Crippen molar-refractivity contribution >= 4 is 15.6 Å². The highest BCUT2D eigenvalue weighted by molar-refractivity contribution is 7.91. The molecule has 1 aliphatic carbocycles. The average molecular weight is 245 g/mol. The standard InChI is InChI=1S/C11H19NO3S/c1-2-16(14,15)7-3-4-11(13)9-5-6-10(12)8-9/h5-6,9-10H,2-4,7-8,12H2,1H3. The van der Waals surface area contributed by atoms with E-state index in [0.29, 0.717) is 19.3 Å². The van der Waals surface area contributed by atoms with Gasteiger partial charge in [-0.3, -0.25) is 4.79 Å². The van der Waals surface area contributed by atoms with Crippen LogP contribution in [0.2, 0.25) is 0 Å². The first kappa shape index (κ1) is 13.4. The molecule has 0 spiro atoms. The molecule has 2 atom stereocenters. The van der Waals surface area contributed by atoms with Crippen molar-refractivity contribution in [2.24, 2.45) is 11.7 Å². The molecule has 0 aliphatic heterocycles. The third-order valence-corrected chi connectivity index (χ3v) is 4.64. The number of Topliss-reactive ketones (excluding diaryl/α,β-unsaturated/α-hetero) is 1. The van der Waals surface area contributed by atoms with E-state index in [1.54, 1.807) is 6.92 Å². The van der Waals surface area contributed by atoms with Crippen LogP contribution in [0.4, 0.5) is 0 Å². The Hall–Kier alpha value is -0.680. The summed E-state index contributed by atoms with van der Waals surface area (Å²) in [6.07, 6.45) is 5.10. The number of carbonyl (C=O) groups excluding carboxylic acids is 1. The monoisotopic (exact) mass is 245 g/mol. The molecule has 0 aromatic heterocycles. The van der Waals surface area contributed by atoms with E-state index < -0.39 is 9.84 Å². The largest absolute Gasteiger partial charge is 0.324 e. The van der Waals surface area contributed by atoms with Gasteiger partial charge in [-0.25, -0.2) is 8.42 Å². The van der Waals surface area contributed by atoms with E-state index in [4.69, 9.17) is 5.73 Å². The van der Waals surface area contributed by atoms with Crippen LogP contribution in [-0.2, 0) is 14.6 Å². The lowest BCUT2D eigenvalue weighted by Gasteiger charge is -2.07. The summed E-state index contributed by atoms with van der Waals surface area (Å²) in [5, 5.41) is 0. The number of carbonyl (C=O) groups is 1. The molecule has 0 saturated heterocycles. The smallest absolute Gasteiger partial charge is 0.150 e. The van der Waals surface area contributed by atoms with Crippen LogP contribution in [0.25, 0.3) is 0 Å². The maximum absolute atomic E-state index is 11.7. The van der Waals surface area contributed by atoms with Crippen molar-refractivity contribution in [2.75, 3.05) is 11.5 Å². The normalized spacial score (nSPS) is 24.9. The van der Waals surface area contributed by atoms with Crippen molar-refractivity contribution in [1.82, 2.24) is 0 Å². The number of rotatable bonds is 6. The van der Waals surface area contributed by atoms with Crippen molar-refractivity contribution in [3.8, 4) is 0 Å². The number of hydrogen-bond donors (Lipinski definition) is 1. The summed E-state index contributed by atoms with van der Waals surface area (Å²) in [4.78, 5) is 11.7. The van der Waals surface area contributed by atoms with Crippen molar-refractivity contribution < 1.29 is 13.2 Å². The van der Waals surface area contributed by atoms with Crippen LogP contribution in [-0.4, -0.2) is 31.7 Å². The molecule has 0 amide bonds. The summed E-state index contributed by atoms with van der Waals surface area (Å²) in [6, 6.07) is -0.0201. The first-order valence-corrected chi connectivity index (χ1v) is 7.44. The molecule has 4 nitrogen and oxygen atoms in total. The van der Waals surface area contributed by atoms with Gasteiger partial charge in [-0.1, -0.05) is 19.1 Å². The Bertz CT molecular complexity index is 373. The Balaban J connectivity index is 2.29. The highest BCUT2D eigenvalue weighted by atomic mass is 32.2. The van der Waals surface area contributed by atoms with Crippen molar-refractivity contribution in [1.29, 1.82) is 0 Å². The van der Waals surface area contributed by atoms with E-state index >= 15 is 0 Å². The second kappa shape index (κ2) is 5.59. The zero-order valence-corrected chi connectivity index (χ0v) is 10.4. The molecule has 5 heteroatoms. The minimum absolute atomic E-state index is 0.0201. The fraction of sp³-hybridized carbons (Fsp3) is 0.727. The Morgan fingerprint density at radius 2 is 2.12 bits per heavy atom. The topological polar surface area (TPSA) is 77.2 Å². The lowest BCUT2D eigenvalue weighted by atomic mass is 9.99. The first-order chi connectivity index (χ1) is 7.44. The van der Waals surface area contributed by atoms with Crippen LogP contribution in [0.15, 0.2) is 12.2 Å². The molecule has 0 aromatic carbocycles. The Morgan fingerprint density at radius 3 is 2.62 bits per heavy atom. The molecule has 0 bridgehead atoms. The molecule has 1 aliphatic rings. The highest BCUT2D eigenvalue weighted by Gasteiger charge is 2.22. The molecule has 0 fully saturated rings. The SMILES string of the molecule is CCS(=O)(=O)CCCC(=O)C1C=CC(N)C1. The van der Waals surface area contributed by atoms with Crippen LogP contribution in [0, 0.1) is 5.92 Å². The third-order valence-electron chi connectivity index (χ3n) is 2.85. The maximum Gasteiger partial charge on any atom is 0.150 e. The summed E-state index contributed by atoms with van der Waals surface area (Å²) < 4.78 is 22.4. The van der Waals surface area contributed by atoms with Gasteiger partial charge in [0, 0.05) is 24.1 Å². The predicted octanol–water partition coefficient (Wildman–Crippen LogP) is 0.674. The summed E-state index contributed by atoms with van der Waals surface area (Å²) in [7, 11) is -2.94. The molecular weight excluding hydrogens is 226 g/mol. The quantitative estimate of drug-likeness (QED) is 0.698. The molecular formula is C11H19NO3S. The van der Waals surface area contributed by atoms with Gasteiger partial charge in [0.2, 0.25) is 0 Å². The van der Waals surface area contributed by atoms with E-state index in [-0.39, 0.29) is 29.2 Å². The van der Waals surface area contributed by atoms with E-state index in [1.165, 1.54) is 0 Å². The zero-order valence-electron chi connectivity index (χ0n) is 9.56. The van der Waals surface area contributed by atoms with Gasteiger partial charge in [0.15, 0.2) is 0 Å². The Labute approximate surface area is 96.8 Å². The molecule has 0 radical (unpaired) electrons. The van der Waals surface area contributed by atoms with Crippen LogP contribution in [0.5, 0.6) is 0 Å². The second-order valence-electron chi connectivity index (χ2n) is 4.20.